The van der Waals surface area contributed by atoms with E-state index in [1.165, 1.54) is 17.4 Å². The van der Waals surface area contributed by atoms with Gasteiger partial charge in [0.15, 0.2) is 11.5 Å². The van der Waals surface area contributed by atoms with Gasteiger partial charge < -0.3 is 25.4 Å². The monoisotopic (exact) mass is 502 g/mol. The molecule has 0 bridgehead atoms. The Morgan fingerprint density at radius 2 is 2.08 bits per heavy atom. The van der Waals surface area contributed by atoms with E-state index in [2.05, 4.69) is 17.3 Å². The molecule has 10 heteroatoms. The molecule has 1 unspecified atom stereocenters. The predicted molar refractivity (Wildman–Crippen MR) is 135 cm³/mol. The van der Waals surface area contributed by atoms with E-state index < -0.39 is 0 Å². The Hall–Kier alpha value is -3.66. The van der Waals surface area contributed by atoms with E-state index in [1.54, 1.807) is 6.20 Å². The van der Waals surface area contributed by atoms with Crippen molar-refractivity contribution >= 4 is 23.3 Å². The standard InChI is InChI=1S/C27H30N6O4/c1-14(15-2-3-15)32-12-17-10-16(11-21(22(17)27(32)35)37-19-7-9-36-13-19)20-6-8-33-25(30-20)23(24(28)31-33)26(34)29-18-4-5-18/h6,8,10-11,14-15,18-19H,2-5,7,9,12-13H2,1H3,(H2,28,31)(H,29,34)/t14?,19-/m0/s1. The van der Waals surface area contributed by atoms with Crippen LogP contribution in [0.3, 0.4) is 0 Å². The molecule has 4 heterocycles. The number of nitrogens with one attached hydrogen (secondary N) is 1. The fraction of sp³-hybridized carbons (Fsp3) is 0.481. The lowest BCUT2D eigenvalue weighted by molar-refractivity contribution is 0.0691. The molecule has 3 N–H and O–H groups in total. The topological polar surface area (TPSA) is 124 Å². The van der Waals surface area contributed by atoms with E-state index in [9.17, 15) is 9.59 Å². The lowest BCUT2D eigenvalue weighted by atomic mass is 10.0. The number of aromatic nitrogens is 3. The summed E-state index contributed by atoms with van der Waals surface area (Å²) in [7, 11) is 0. The largest absolute Gasteiger partial charge is 0.487 e. The molecule has 0 radical (unpaired) electrons. The number of carbonyl (C=O) groups is 2. The predicted octanol–water partition coefficient (Wildman–Crippen LogP) is 2.79. The van der Waals surface area contributed by atoms with Gasteiger partial charge in [0.1, 0.15) is 17.4 Å². The van der Waals surface area contributed by atoms with E-state index >= 15 is 0 Å². The number of rotatable bonds is 7. The van der Waals surface area contributed by atoms with Gasteiger partial charge in [-0.25, -0.2) is 9.50 Å². The molecule has 4 aliphatic rings. The molecule has 2 aromatic heterocycles. The van der Waals surface area contributed by atoms with Gasteiger partial charge in [0, 0.05) is 36.8 Å². The van der Waals surface area contributed by atoms with Crippen LogP contribution in [-0.2, 0) is 11.3 Å². The lowest BCUT2D eigenvalue weighted by Crippen LogP contribution is -2.34. The van der Waals surface area contributed by atoms with Gasteiger partial charge in [-0.05, 0) is 62.3 Å². The molecule has 2 aliphatic heterocycles. The van der Waals surface area contributed by atoms with Crippen LogP contribution in [0.4, 0.5) is 5.82 Å². The number of benzene rings is 1. The van der Waals surface area contributed by atoms with Crippen molar-refractivity contribution in [2.75, 3.05) is 18.9 Å². The summed E-state index contributed by atoms with van der Waals surface area (Å²) in [4.78, 5) is 33.2. The summed E-state index contributed by atoms with van der Waals surface area (Å²) in [6.07, 6.45) is 6.74. The van der Waals surface area contributed by atoms with Crippen molar-refractivity contribution in [1.29, 1.82) is 0 Å². The Balaban J connectivity index is 1.29. The quantitative estimate of drug-likeness (QED) is 0.509. The van der Waals surface area contributed by atoms with E-state index in [-0.39, 0.29) is 41.4 Å². The molecule has 1 aromatic carbocycles. The second kappa shape index (κ2) is 8.44. The minimum absolute atomic E-state index is 0.0286. The summed E-state index contributed by atoms with van der Waals surface area (Å²) in [5.41, 5.74) is 9.85. The van der Waals surface area contributed by atoms with Crippen molar-refractivity contribution < 1.29 is 19.1 Å². The molecule has 2 atom stereocenters. The first-order chi connectivity index (χ1) is 18.0. The first-order valence-corrected chi connectivity index (χ1v) is 13.1. The highest BCUT2D eigenvalue weighted by Gasteiger charge is 2.40. The molecule has 10 nitrogen and oxygen atoms in total. The number of amides is 2. The zero-order chi connectivity index (χ0) is 25.3. The fourth-order valence-electron chi connectivity index (χ4n) is 5.44. The number of nitrogens with zero attached hydrogens (tertiary/aromatic N) is 4. The molecule has 0 spiro atoms. The van der Waals surface area contributed by atoms with Crippen LogP contribution < -0.4 is 15.8 Å². The first-order valence-electron chi connectivity index (χ1n) is 13.1. The second-order valence-electron chi connectivity index (χ2n) is 10.7. The summed E-state index contributed by atoms with van der Waals surface area (Å²) in [5, 5.41) is 7.26. The maximum atomic E-state index is 13.5. The maximum absolute atomic E-state index is 13.5. The number of anilines is 1. The molecule has 2 aliphatic carbocycles. The third-order valence-corrected chi connectivity index (χ3v) is 7.92. The van der Waals surface area contributed by atoms with Gasteiger partial charge in [-0.2, -0.15) is 0 Å². The molecule has 3 aromatic rings. The van der Waals surface area contributed by atoms with Crippen molar-refractivity contribution in [3.8, 4) is 17.0 Å². The van der Waals surface area contributed by atoms with E-state index in [0.29, 0.717) is 48.3 Å². The second-order valence-corrected chi connectivity index (χ2v) is 10.7. The third kappa shape index (κ3) is 3.99. The van der Waals surface area contributed by atoms with Crippen LogP contribution in [0.2, 0.25) is 0 Å². The van der Waals surface area contributed by atoms with Crippen molar-refractivity contribution in [3.63, 3.8) is 0 Å². The highest BCUT2D eigenvalue weighted by atomic mass is 16.5. The van der Waals surface area contributed by atoms with Gasteiger partial charge in [0.25, 0.3) is 11.8 Å². The van der Waals surface area contributed by atoms with E-state index in [1.807, 2.05) is 23.1 Å². The van der Waals surface area contributed by atoms with Crippen LogP contribution >= 0.6 is 0 Å². The Kier molecular flexibility index (Phi) is 5.14. The van der Waals surface area contributed by atoms with Gasteiger partial charge in [-0.3, -0.25) is 9.59 Å². The summed E-state index contributed by atoms with van der Waals surface area (Å²) in [5.74, 6) is 1.06. The van der Waals surface area contributed by atoms with Gasteiger partial charge in [0.2, 0.25) is 0 Å². The molecular weight excluding hydrogens is 472 g/mol. The number of nitrogen functional groups attached to an aromatic ring is 1. The number of hydrogen-bond donors (Lipinski definition) is 2. The molecular formula is C27H30N6O4. The molecule has 1 saturated heterocycles. The molecule has 3 fully saturated rings. The molecule has 7 rings (SSSR count). The number of hydrogen-bond acceptors (Lipinski definition) is 7. The van der Waals surface area contributed by atoms with Crippen molar-refractivity contribution in [2.45, 2.75) is 63.8 Å². The van der Waals surface area contributed by atoms with Gasteiger partial charge >= 0.3 is 0 Å². The highest BCUT2D eigenvalue weighted by Crippen LogP contribution is 2.42. The Morgan fingerprint density at radius 1 is 1.24 bits per heavy atom. The van der Waals surface area contributed by atoms with Gasteiger partial charge in [-0.15, -0.1) is 5.10 Å². The van der Waals surface area contributed by atoms with Crippen LogP contribution in [0.15, 0.2) is 24.4 Å². The summed E-state index contributed by atoms with van der Waals surface area (Å²) in [6, 6.07) is 6.14. The number of carbonyl (C=O) groups excluding carboxylic acids is 2. The molecule has 2 saturated carbocycles. The minimum atomic E-state index is -0.255. The number of ether oxygens (including phenoxy) is 2. The highest BCUT2D eigenvalue weighted by molar-refractivity contribution is 6.05. The Morgan fingerprint density at radius 3 is 2.81 bits per heavy atom. The molecule has 192 valence electrons. The Bertz CT molecular complexity index is 1420. The zero-order valence-electron chi connectivity index (χ0n) is 20.8. The normalized spacial score (nSPS) is 21.9. The zero-order valence-corrected chi connectivity index (χ0v) is 20.8. The lowest BCUT2D eigenvalue weighted by Gasteiger charge is -2.24. The number of nitrogens with two attached hydrogens (primary N) is 1. The average molecular weight is 503 g/mol. The minimum Gasteiger partial charge on any atom is -0.487 e. The van der Waals surface area contributed by atoms with Crippen LogP contribution in [0.25, 0.3) is 16.9 Å². The summed E-state index contributed by atoms with van der Waals surface area (Å²) in [6.45, 7) is 3.85. The van der Waals surface area contributed by atoms with Crippen LogP contribution in [0, 0.1) is 5.92 Å². The van der Waals surface area contributed by atoms with Gasteiger partial charge in [0.05, 0.1) is 24.5 Å². The van der Waals surface area contributed by atoms with E-state index in [4.69, 9.17) is 20.2 Å². The van der Waals surface area contributed by atoms with E-state index in [0.717, 1.165) is 30.4 Å². The van der Waals surface area contributed by atoms with Crippen LogP contribution in [0.5, 0.6) is 5.75 Å². The summed E-state index contributed by atoms with van der Waals surface area (Å²) >= 11 is 0. The van der Waals surface area contributed by atoms with Crippen molar-refractivity contribution in [3.05, 3.63) is 41.1 Å². The van der Waals surface area contributed by atoms with Crippen molar-refractivity contribution in [1.82, 2.24) is 24.8 Å². The van der Waals surface area contributed by atoms with Crippen LogP contribution in [-0.4, -0.2) is 62.7 Å². The number of fused-ring (bicyclic) bond motifs is 2. The van der Waals surface area contributed by atoms with Gasteiger partial charge in [-0.1, -0.05) is 0 Å². The Labute approximate surface area is 214 Å². The van der Waals surface area contributed by atoms with Crippen molar-refractivity contribution in [2.24, 2.45) is 5.92 Å². The first kappa shape index (κ1) is 22.5. The third-order valence-electron chi connectivity index (χ3n) is 7.92. The maximum Gasteiger partial charge on any atom is 0.259 e. The molecule has 37 heavy (non-hydrogen) atoms. The molecule has 2 amide bonds. The smallest absolute Gasteiger partial charge is 0.259 e. The average Bonchev–Trinajstić information content (AvgIpc) is 3.78. The SMILES string of the molecule is CC(C1CC1)N1Cc2cc(-c3ccn4nc(N)c(C(=O)NC5CC5)c4n3)cc(O[C@H]3CCOC3)c2C1=O. The van der Waals surface area contributed by atoms with Crippen LogP contribution in [0.1, 0.15) is 65.3 Å². The summed E-state index contributed by atoms with van der Waals surface area (Å²) < 4.78 is 13.4. The fourth-order valence-corrected chi connectivity index (χ4v) is 5.44.